The molecule has 0 spiro atoms. The van der Waals surface area contributed by atoms with Gasteiger partial charge in [0, 0.05) is 0 Å². The van der Waals surface area contributed by atoms with E-state index in [4.69, 9.17) is 0 Å². The van der Waals surface area contributed by atoms with Crippen LogP contribution in [0.25, 0.3) is 0 Å². The van der Waals surface area contributed by atoms with E-state index in [1.54, 1.807) is 12.1 Å². The van der Waals surface area contributed by atoms with E-state index < -0.39 is 6.17 Å². The molecule has 1 aromatic carbocycles. The van der Waals surface area contributed by atoms with Crippen LogP contribution in [0.4, 0.5) is 17.6 Å². The summed E-state index contributed by atoms with van der Waals surface area (Å²) in [5, 5.41) is 3.25. The zero-order chi connectivity index (χ0) is 23.2. The van der Waals surface area contributed by atoms with E-state index in [1.807, 2.05) is 12.1 Å². The predicted molar refractivity (Wildman–Crippen MR) is 120 cm³/mol. The minimum atomic E-state index is -0.667. The average Bonchev–Trinajstić information content (AvgIpc) is 2.71. The summed E-state index contributed by atoms with van der Waals surface area (Å²) in [6, 6.07) is 7.05. The summed E-state index contributed by atoms with van der Waals surface area (Å²) in [5.74, 6) is 2.08. The second-order valence-electron chi connectivity index (χ2n) is 7.64. The van der Waals surface area contributed by atoms with E-state index in [1.165, 1.54) is 45.1 Å². The van der Waals surface area contributed by atoms with Gasteiger partial charge in [-0.1, -0.05) is 59.1 Å². The molecule has 0 saturated heterocycles. The average molecular weight is 424 g/mol. The van der Waals surface area contributed by atoms with Gasteiger partial charge in [0.25, 0.3) is 0 Å². The summed E-state index contributed by atoms with van der Waals surface area (Å²) in [5.41, 5.74) is 1.32. The minimum Gasteiger partial charge on any atom is -0.317 e. The fourth-order valence-electron chi connectivity index (χ4n) is 2.95. The monoisotopic (exact) mass is 423 g/mol. The van der Waals surface area contributed by atoms with Gasteiger partial charge >= 0.3 is 0 Å². The van der Waals surface area contributed by atoms with E-state index in [-0.39, 0.29) is 5.82 Å². The molecule has 1 saturated carbocycles. The Morgan fingerprint density at radius 2 is 1.38 bits per heavy atom. The van der Waals surface area contributed by atoms with Crippen molar-refractivity contribution in [2.75, 3.05) is 27.4 Å². The van der Waals surface area contributed by atoms with Crippen LogP contribution in [0.3, 0.4) is 0 Å². The first-order valence-electron chi connectivity index (χ1n) is 10.6. The SMILES string of the molecule is CC(C)F.CCNCC(C)C.CF.CF.C[C@H]1CCCCC1c1ccc(F)cc1. The molecule has 1 aliphatic carbocycles. The lowest BCUT2D eigenvalue weighted by Crippen LogP contribution is -2.18. The third-order valence-electron chi connectivity index (χ3n) is 4.21. The standard InChI is InChI=1S/C13H17F.C6H15N.C3H7F.2CH3F/c1-10-4-2-3-5-13(10)11-6-8-12(14)9-7-11;1-4-7-5-6(2)3;1-3(2)4;2*1-2/h6-10,13H,2-5H2,1H3;6-7H,4-5H2,1-3H3;3H,1-2H3;2*1H3/t10-,13?;;;;/m0..../s1. The highest BCUT2D eigenvalue weighted by molar-refractivity contribution is 5.21. The van der Waals surface area contributed by atoms with Crippen molar-refractivity contribution in [1.29, 1.82) is 0 Å². The van der Waals surface area contributed by atoms with Gasteiger partial charge in [0.15, 0.2) is 0 Å². The molecule has 1 unspecified atom stereocenters. The largest absolute Gasteiger partial charge is 0.317 e. The van der Waals surface area contributed by atoms with Crippen LogP contribution in [0.1, 0.15) is 78.7 Å². The van der Waals surface area contributed by atoms with Crippen molar-refractivity contribution in [3.8, 4) is 0 Å². The maximum Gasteiger partial charge on any atom is 0.123 e. The maximum absolute atomic E-state index is 12.8. The number of alkyl halides is 3. The first-order chi connectivity index (χ1) is 13.8. The van der Waals surface area contributed by atoms with Gasteiger partial charge in [-0.3, -0.25) is 8.78 Å². The molecule has 2 atom stereocenters. The summed E-state index contributed by atoms with van der Waals surface area (Å²) in [4.78, 5) is 0. The van der Waals surface area contributed by atoms with Crippen molar-refractivity contribution in [3.05, 3.63) is 35.6 Å². The van der Waals surface area contributed by atoms with Crippen LogP contribution in [-0.4, -0.2) is 33.6 Å². The van der Waals surface area contributed by atoms with Gasteiger partial charge < -0.3 is 5.32 Å². The molecule has 0 heterocycles. The van der Waals surface area contributed by atoms with E-state index in [9.17, 15) is 17.6 Å². The molecule has 0 radical (unpaired) electrons. The Bertz CT molecular complexity index is 419. The fourth-order valence-corrected chi connectivity index (χ4v) is 2.95. The van der Waals surface area contributed by atoms with Crippen LogP contribution in [-0.2, 0) is 0 Å². The summed E-state index contributed by atoms with van der Waals surface area (Å²) < 4.78 is 42.8. The fraction of sp³-hybridized carbons (Fsp3) is 0.750. The molecule has 0 bridgehead atoms. The Kier molecular flexibility index (Phi) is 26.0. The molecule has 0 aliphatic heterocycles. The smallest absolute Gasteiger partial charge is 0.123 e. The van der Waals surface area contributed by atoms with Crippen LogP contribution >= 0.6 is 0 Å². The van der Waals surface area contributed by atoms with Crippen molar-refractivity contribution in [2.45, 2.75) is 79.3 Å². The molecule has 1 aliphatic rings. The number of benzene rings is 1. The highest BCUT2D eigenvalue weighted by Crippen LogP contribution is 2.37. The van der Waals surface area contributed by atoms with E-state index in [0.29, 0.717) is 20.3 Å². The first kappa shape index (κ1) is 32.6. The van der Waals surface area contributed by atoms with Gasteiger partial charge in [-0.2, -0.15) is 0 Å². The molecule has 1 aromatic rings. The molecular formula is C24H45F4N. The number of halogens is 4. The Balaban J connectivity index is -0.000000381. The third kappa shape index (κ3) is 21.4. The van der Waals surface area contributed by atoms with Crippen LogP contribution in [0.5, 0.6) is 0 Å². The van der Waals surface area contributed by atoms with Gasteiger partial charge in [0.1, 0.15) is 5.82 Å². The minimum absolute atomic E-state index is 0.128. The summed E-state index contributed by atoms with van der Waals surface area (Å²) >= 11 is 0. The van der Waals surface area contributed by atoms with Crippen molar-refractivity contribution in [3.63, 3.8) is 0 Å². The lowest BCUT2D eigenvalue weighted by atomic mass is 9.76. The number of rotatable bonds is 4. The van der Waals surface area contributed by atoms with Crippen LogP contribution in [0.2, 0.25) is 0 Å². The number of nitrogens with one attached hydrogen (secondary N) is 1. The molecule has 1 N–H and O–H groups in total. The Morgan fingerprint density at radius 3 is 1.72 bits per heavy atom. The molecule has 0 aromatic heterocycles. The quantitative estimate of drug-likeness (QED) is 0.485. The zero-order valence-electron chi connectivity index (χ0n) is 19.9. The summed E-state index contributed by atoms with van der Waals surface area (Å²) in [6.07, 6.45) is 4.61. The molecule has 5 heteroatoms. The van der Waals surface area contributed by atoms with Gasteiger partial charge in [0.05, 0.1) is 20.5 Å². The number of hydrogen-bond donors (Lipinski definition) is 1. The lowest BCUT2D eigenvalue weighted by Gasteiger charge is -2.29. The molecule has 29 heavy (non-hydrogen) atoms. The van der Waals surface area contributed by atoms with Crippen molar-refractivity contribution in [1.82, 2.24) is 5.32 Å². The maximum atomic E-state index is 12.8. The van der Waals surface area contributed by atoms with Crippen molar-refractivity contribution >= 4 is 0 Å². The van der Waals surface area contributed by atoms with Crippen molar-refractivity contribution in [2.24, 2.45) is 11.8 Å². The van der Waals surface area contributed by atoms with E-state index in [2.05, 4.69) is 33.0 Å². The van der Waals surface area contributed by atoms with Crippen LogP contribution < -0.4 is 5.32 Å². The molecule has 1 fully saturated rings. The normalized spacial score (nSPS) is 17.4. The Hall–Kier alpha value is -1.10. The second kappa shape index (κ2) is 23.2. The van der Waals surface area contributed by atoms with Crippen LogP contribution in [0.15, 0.2) is 24.3 Å². The molecule has 0 amide bonds. The van der Waals surface area contributed by atoms with Gasteiger partial charge in [-0.25, -0.2) is 8.78 Å². The van der Waals surface area contributed by atoms with Crippen molar-refractivity contribution < 1.29 is 17.6 Å². The highest BCUT2D eigenvalue weighted by atomic mass is 19.1. The lowest BCUT2D eigenvalue weighted by molar-refractivity contribution is 0.330. The zero-order valence-corrected chi connectivity index (χ0v) is 19.9. The molecular weight excluding hydrogens is 378 g/mol. The summed E-state index contributed by atoms with van der Waals surface area (Å²) in [6.45, 7) is 14.1. The van der Waals surface area contributed by atoms with E-state index in [0.717, 1.165) is 24.9 Å². The third-order valence-corrected chi connectivity index (χ3v) is 4.21. The van der Waals surface area contributed by atoms with Crippen LogP contribution in [0, 0.1) is 17.7 Å². The first-order valence-corrected chi connectivity index (χ1v) is 10.6. The highest BCUT2D eigenvalue weighted by Gasteiger charge is 2.22. The van der Waals surface area contributed by atoms with Gasteiger partial charge in [0.2, 0.25) is 0 Å². The van der Waals surface area contributed by atoms with Gasteiger partial charge in [-0.15, -0.1) is 0 Å². The summed E-state index contributed by atoms with van der Waals surface area (Å²) in [7, 11) is 1.00. The van der Waals surface area contributed by atoms with Gasteiger partial charge in [-0.05, 0) is 68.8 Å². The van der Waals surface area contributed by atoms with E-state index >= 15 is 0 Å². The second-order valence-corrected chi connectivity index (χ2v) is 7.64. The Morgan fingerprint density at radius 1 is 0.931 bits per heavy atom. The topological polar surface area (TPSA) is 12.0 Å². The number of hydrogen-bond acceptors (Lipinski definition) is 1. The molecule has 174 valence electrons. The predicted octanol–water partition coefficient (Wildman–Crippen LogP) is 7.91. The Labute approximate surface area is 177 Å². The molecule has 2 rings (SSSR count). The molecule has 1 nitrogen and oxygen atoms in total.